The number of aryl methyl sites for hydroxylation is 1. The molecular formula is C11H16N2O3. The highest BCUT2D eigenvalue weighted by Gasteiger charge is 2.16. The number of hydrogen-bond donors (Lipinski definition) is 2. The first-order valence-electron chi connectivity index (χ1n) is 5.22. The predicted molar refractivity (Wildman–Crippen MR) is 60.5 cm³/mol. The van der Waals surface area contributed by atoms with Gasteiger partial charge >= 0.3 is 0 Å². The number of amides is 1. The second-order valence-electron chi connectivity index (χ2n) is 3.73. The Hall–Kier alpha value is -1.78. The maximum Gasteiger partial charge on any atom is 0.254 e. The molecule has 0 saturated heterocycles. The van der Waals surface area contributed by atoms with E-state index in [1.165, 1.54) is 10.6 Å². The van der Waals surface area contributed by atoms with Crippen LogP contribution in [-0.2, 0) is 6.54 Å². The third kappa shape index (κ3) is 2.24. The number of carbonyl (C=O) groups is 1. The molecule has 0 radical (unpaired) electrons. The van der Waals surface area contributed by atoms with E-state index in [2.05, 4.69) is 0 Å². The Balaban J connectivity index is 3.33. The molecule has 1 amide bonds. The van der Waals surface area contributed by atoms with Gasteiger partial charge in [-0.1, -0.05) is 13.3 Å². The van der Waals surface area contributed by atoms with Gasteiger partial charge in [0.2, 0.25) is 5.88 Å². The largest absolute Gasteiger partial charge is 0.494 e. The zero-order chi connectivity index (χ0) is 12.3. The molecule has 0 bridgehead atoms. The van der Waals surface area contributed by atoms with E-state index < -0.39 is 5.91 Å². The van der Waals surface area contributed by atoms with Crippen LogP contribution >= 0.6 is 0 Å². The molecule has 0 fully saturated rings. The summed E-state index contributed by atoms with van der Waals surface area (Å²) in [5.74, 6) is -1.05. The van der Waals surface area contributed by atoms with Gasteiger partial charge in [-0.25, -0.2) is 0 Å². The number of nitrogens with two attached hydrogens (primary N) is 1. The van der Waals surface area contributed by atoms with E-state index in [9.17, 15) is 14.7 Å². The van der Waals surface area contributed by atoms with Gasteiger partial charge in [0.25, 0.3) is 11.5 Å². The van der Waals surface area contributed by atoms with Crippen LogP contribution in [0.3, 0.4) is 0 Å². The number of hydrogen-bond acceptors (Lipinski definition) is 3. The molecule has 1 rings (SSSR count). The molecule has 0 saturated carbocycles. The third-order valence-corrected chi connectivity index (χ3v) is 2.46. The summed E-state index contributed by atoms with van der Waals surface area (Å²) in [7, 11) is 0. The number of nitrogens with zero attached hydrogens (tertiary/aromatic N) is 1. The summed E-state index contributed by atoms with van der Waals surface area (Å²) in [6.45, 7) is 3.94. The minimum atomic E-state index is -0.722. The van der Waals surface area contributed by atoms with Crippen molar-refractivity contribution in [3.05, 3.63) is 27.5 Å². The monoisotopic (exact) mass is 224 g/mol. The topological polar surface area (TPSA) is 85.3 Å². The van der Waals surface area contributed by atoms with Crippen molar-refractivity contribution < 1.29 is 9.90 Å². The highest BCUT2D eigenvalue weighted by atomic mass is 16.3. The van der Waals surface area contributed by atoms with E-state index in [0.29, 0.717) is 12.1 Å². The second-order valence-corrected chi connectivity index (χ2v) is 3.73. The lowest BCUT2D eigenvalue weighted by Crippen LogP contribution is -2.24. The van der Waals surface area contributed by atoms with Gasteiger partial charge in [-0.3, -0.25) is 14.2 Å². The number of aromatic nitrogens is 1. The van der Waals surface area contributed by atoms with Gasteiger partial charge in [-0.15, -0.1) is 0 Å². The lowest BCUT2D eigenvalue weighted by molar-refractivity contribution is 0.0995. The molecule has 0 aromatic carbocycles. The fraction of sp³-hybridized carbons (Fsp3) is 0.455. The molecule has 5 nitrogen and oxygen atoms in total. The Morgan fingerprint density at radius 2 is 2.19 bits per heavy atom. The van der Waals surface area contributed by atoms with Crippen molar-refractivity contribution in [3.8, 4) is 5.88 Å². The average Bonchev–Trinajstić information content (AvgIpc) is 2.16. The van der Waals surface area contributed by atoms with Crippen molar-refractivity contribution in [2.24, 2.45) is 5.73 Å². The standard InChI is InChI=1S/C11H16N2O3/c1-3-4-5-13-8(14)6-7(2)9(10(12)15)11(13)16/h6,16H,3-5H2,1-2H3,(H2,12,15). The number of rotatable bonds is 4. The van der Waals surface area contributed by atoms with Crippen molar-refractivity contribution in [2.75, 3.05) is 0 Å². The van der Waals surface area contributed by atoms with Crippen molar-refractivity contribution in [3.63, 3.8) is 0 Å². The molecule has 1 heterocycles. The zero-order valence-electron chi connectivity index (χ0n) is 9.49. The van der Waals surface area contributed by atoms with Crippen molar-refractivity contribution in [2.45, 2.75) is 33.2 Å². The van der Waals surface area contributed by atoms with Crippen LogP contribution in [0.5, 0.6) is 5.88 Å². The summed E-state index contributed by atoms with van der Waals surface area (Å²) in [6, 6.07) is 1.31. The first-order valence-corrected chi connectivity index (χ1v) is 5.22. The van der Waals surface area contributed by atoms with Crippen LogP contribution in [0.4, 0.5) is 0 Å². The SMILES string of the molecule is CCCCn1c(O)c(C(N)=O)c(C)cc1=O. The molecule has 5 heteroatoms. The van der Waals surface area contributed by atoms with Gasteiger partial charge in [-0.05, 0) is 18.9 Å². The van der Waals surface area contributed by atoms with Gasteiger partial charge < -0.3 is 10.8 Å². The number of aromatic hydroxyl groups is 1. The molecule has 16 heavy (non-hydrogen) atoms. The van der Waals surface area contributed by atoms with Crippen molar-refractivity contribution in [1.82, 2.24) is 4.57 Å². The van der Waals surface area contributed by atoms with Crippen molar-refractivity contribution >= 4 is 5.91 Å². The second kappa shape index (κ2) is 4.83. The minimum absolute atomic E-state index is 0.0238. The molecule has 3 N–H and O–H groups in total. The van der Waals surface area contributed by atoms with E-state index in [1.54, 1.807) is 6.92 Å². The Morgan fingerprint density at radius 1 is 1.56 bits per heavy atom. The summed E-state index contributed by atoms with van der Waals surface area (Å²) >= 11 is 0. The van der Waals surface area contributed by atoms with Gasteiger partial charge in [0.05, 0.1) is 0 Å². The van der Waals surface area contributed by atoms with Gasteiger partial charge in [0, 0.05) is 12.6 Å². The summed E-state index contributed by atoms with van der Waals surface area (Å²) in [4.78, 5) is 22.7. The van der Waals surface area contributed by atoms with Crippen LogP contribution in [0.25, 0.3) is 0 Å². The van der Waals surface area contributed by atoms with Crippen LogP contribution in [0.2, 0.25) is 0 Å². The van der Waals surface area contributed by atoms with Gasteiger partial charge in [0.15, 0.2) is 0 Å². The summed E-state index contributed by atoms with van der Waals surface area (Å²) in [6.07, 6.45) is 1.65. The fourth-order valence-corrected chi connectivity index (χ4v) is 1.59. The first kappa shape index (κ1) is 12.3. The van der Waals surface area contributed by atoms with Crippen LogP contribution in [-0.4, -0.2) is 15.6 Å². The van der Waals surface area contributed by atoms with Crippen LogP contribution in [0.1, 0.15) is 35.7 Å². The molecule has 1 aromatic rings. The number of unbranched alkanes of at least 4 members (excludes halogenated alkanes) is 1. The van der Waals surface area contributed by atoms with Crippen molar-refractivity contribution in [1.29, 1.82) is 0 Å². The maximum atomic E-state index is 11.6. The lowest BCUT2D eigenvalue weighted by atomic mass is 10.1. The highest BCUT2D eigenvalue weighted by Crippen LogP contribution is 2.18. The number of carbonyl (C=O) groups excluding carboxylic acids is 1. The Kier molecular flexibility index (Phi) is 3.71. The maximum absolute atomic E-state index is 11.6. The smallest absolute Gasteiger partial charge is 0.254 e. The molecule has 0 aliphatic carbocycles. The van der Waals surface area contributed by atoms with E-state index in [-0.39, 0.29) is 17.0 Å². The minimum Gasteiger partial charge on any atom is -0.494 e. The highest BCUT2D eigenvalue weighted by molar-refractivity contribution is 5.96. The molecule has 0 unspecified atom stereocenters. The molecule has 0 atom stereocenters. The molecule has 88 valence electrons. The van der Waals surface area contributed by atoms with E-state index in [0.717, 1.165) is 12.8 Å². The van der Waals surface area contributed by atoms with E-state index in [4.69, 9.17) is 5.73 Å². The predicted octanol–water partition coefficient (Wildman–Crippen LogP) is 0.761. The third-order valence-electron chi connectivity index (χ3n) is 2.46. The molecule has 0 aliphatic rings. The van der Waals surface area contributed by atoms with E-state index >= 15 is 0 Å². The van der Waals surface area contributed by atoms with Gasteiger partial charge in [-0.2, -0.15) is 0 Å². The fourth-order valence-electron chi connectivity index (χ4n) is 1.59. The normalized spacial score (nSPS) is 10.4. The summed E-state index contributed by atoms with van der Waals surface area (Å²) in [5.41, 5.74) is 5.27. The van der Waals surface area contributed by atoms with Gasteiger partial charge in [0.1, 0.15) is 5.56 Å². The zero-order valence-corrected chi connectivity index (χ0v) is 9.49. The number of primary amides is 1. The number of pyridine rings is 1. The van der Waals surface area contributed by atoms with Crippen LogP contribution in [0.15, 0.2) is 10.9 Å². The molecule has 0 spiro atoms. The quantitative estimate of drug-likeness (QED) is 0.791. The Morgan fingerprint density at radius 3 is 2.69 bits per heavy atom. The molecular weight excluding hydrogens is 208 g/mol. The van der Waals surface area contributed by atoms with E-state index in [1.807, 2.05) is 6.92 Å². The van der Waals surface area contributed by atoms with Crippen LogP contribution < -0.4 is 11.3 Å². The molecule has 1 aromatic heterocycles. The Labute approximate surface area is 93.5 Å². The van der Waals surface area contributed by atoms with Crippen LogP contribution in [0, 0.1) is 6.92 Å². The first-order chi connectivity index (χ1) is 7.49. The Bertz CT molecular complexity index is 463. The lowest BCUT2D eigenvalue weighted by Gasteiger charge is -2.12. The summed E-state index contributed by atoms with van der Waals surface area (Å²) < 4.78 is 1.18. The summed E-state index contributed by atoms with van der Waals surface area (Å²) in [5, 5.41) is 9.81. The molecule has 0 aliphatic heterocycles. The average molecular weight is 224 g/mol.